The molecule has 3 rings (SSSR count). The van der Waals surface area contributed by atoms with Gasteiger partial charge in [0.15, 0.2) is 0 Å². The van der Waals surface area contributed by atoms with E-state index in [1.165, 1.54) is 0 Å². The highest BCUT2D eigenvalue weighted by Crippen LogP contribution is 2.15. The van der Waals surface area contributed by atoms with Gasteiger partial charge in [-0.1, -0.05) is 30.3 Å². The second-order valence-electron chi connectivity index (χ2n) is 7.04. The average molecular weight is 361 g/mol. The molecule has 1 amide bonds. The van der Waals surface area contributed by atoms with Crippen LogP contribution in [0.1, 0.15) is 24.8 Å². The number of carbonyl (C=O) groups is 1. The standard InChI is InChI=1S/C20H31N3O3/c24-20(26-17-18-5-2-1-3-6-18)23-12-7-19(8-13-23)25-16-4-11-22-14-9-21-10-15-22/h1-3,5-6,19,21H,4,7-17H2. The van der Waals surface area contributed by atoms with E-state index in [0.717, 1.165) is 77.2 Å². The molecular formula is C20H31N3O3. The Bertz CT molecular complexity index is 526. The van der Waals surface area contributed by atoms with Crippen LogP contribution in [0.2, 0.25) is 0 Å². The zero-order chi connectivity index (χ0) is 18.0. The zero-order valence-corrected chi connectivity index (χ0v) is 15.6. The highest BCUT2D eigenvalue weighted by Gasteiger charge is 2.24. The van der Waals surface area contributed by atoms with Crippen LogP contribution in [0.15, 0.2) is 30.3 Å². The van der Waals surface area contributed by atoms with Crippen molar-refractivity contribution in [2.45, 2.75) is 32.0 Å². The van der Waals surface area contributed by atoms with Gasteiger partial charge in [0.1, 0.15) is 6.61 Å². The van der Waals surface area contributed by atoms with Gasteiger partial charge in [-0.3, -0.25) is 0 Å². The Morgan fingerprint density at radius 1 is 1.08 bits per heavy atom. The van der Waals surface area contributed by atoms with E-state index in [9.17, 15) is 4.79 Å². The van der Waals surface area contributed by atoms with Crippen molar-refractivity contribution in [1.82, 2.24) is 15.1 Å². The monoisotopic (exact) mass is 361 g/mol. The molecule has 6 nitrogen and oxygen atoms in total. The molecule has 1 N–H and O–H groups in total. The van der Waals surface area contributed by atoms with Crippen molar-refractivity contribution in [3.8, 4) is 0 Å². The van der Waals surface area contributed by atoms with Gasteiger partial charge in [-0.25, -0.2) is 4.79 Å². The third-order valence-corrected chi connectivity index (χ3v) is 5.09. The summed E-state index contributed by atoms with van der Waals surface area (Å²) < 4.78 is 11.4. The number of piperazine rings is 1. The van der Waals surface area contributed by atoms with Crippen LogP contribution < -0.4 is 5.32 Å². The molecule has 0 saturated carbocycles. The van der Waals surface area contributed by atoms with E-state index in [1.54, 1.807) is 4.90 Å². The predicted octanol–water partition coefficient (Wildman–Crippen LogP) is 2.10. The molecule has 2 heterocycles. The maximum atomic E-state index is 12.2. The van der Waals surface area contributed by atoms with Gasteiger partial charge >= 0.3 is 6.09 Å². The SMILES string of the molecule is O=C(OCc1ccccc1)N1CCC(OCCCN2CCNCC2)CC1. The highest BCUT2D eigenvalue weighted by molar-refractivity contribution is 5.67. The van der Waals surface area contributed by atoms with Crippen LogP contribution in [0.3, 0.4) is 0 Å². The largest absolute Gasteiger partial charge is 0.445 e. The van der Waals surface area contributed by atoms with Crippen molar-refractivity contribution in [3.05, 3.63) is 35.9 Å². The molecule has 6 heteroatoms. The fourth-order valence-corrected chi connectivity index (χ4v) is 3.49. The Balaban J connectivity index is 1.25. The van der Waals surface area contributed by atoms with E-state index >= 15 is 0 Å². The van der Waals surface area contributed by atoms with Crippen LogP contribution >= 0.6 is 0 Å². The number of rotatable bonds is 7. The minimum Gasteiger partial charge on any atom is -0.445 e. The van der Waals surface area contributed by atoms with Crippen LogP contribution in [0.25, 0.3) is 0 Å². The molecule has 0 radical (unpaired) electrons. The third-order valence-electron chi connectivity index (χ3n) is 5.09. The van der Waals surface area contributed by atoms with Crippen LogP contribution in [0.4, 0.5) is 4.79 Å². The van der Waals surface area contributed by atoms with Crippen molar-refractivity contribution < 1.29 is 14.3 Å². The molecule has 0 atom stereocenters. The zero-order valence-electron chi connectivity index (χ0n) is 15.6. The van der Waals surface area contributed by atoms with Gasteiger partial charge in [-0.05, 0) is 24.8 Å². The molecule has 144 valence electrons. The van der Waals surface area contributed by atoms with Gasteiger partial charge in [-0.15, -0.1) is 0 Å². The quantitative estimate of drug-likeness (QED) is 0.754. The van der Waals surface area contributed by atoms with Crippen molar-refractivity contribution in [1.29, 1.82) is 0 Å². The van der Waals surface area contributed by atoms with E-state index in [4.69, 9.17) is 9.47 Å². The fraction of sp³-hybridized carbons (Fsp3) is 0.650. The Morgan fingerprint density at radius 2 is 1.81 bits per heavy atom. The number of likely N-dealkylation sites (tertiary alicyclic amines) is 1. The fourth-order valence-electron chi connectivity index (χ4n) is 3.49. The summed E-state index contributed by atoms with van der Waals surface area (Å²) in [6.45, 7) is 8.18. The molecule has 26 heavy (non-hydrogen) atoms. The smallest absolute Gasteiger partial charge is 0.410 e. The molecule has 1 aromatic carbocycles. The summed E-state index contributed by atoms with van der Waals surface area (Å²) in [7, 11) is 0. The molecule has 2 aliphatic heterocycles. The molecule has 2 aliphatic rings. The number of amides is 1. The van der Waals surface area contributed by atoms with Gasteiger partial charge in [0, 0.05) is 52.4 Å². The number of benzene rings is 1. The summed E-state index contributed by atoms with van der Waals surface area (Å²) >= 11 is 0. The Hall–Kier alpha value is -1.63. The molecule has 2 saturated heterocycles. The van der Waals surface area contributed by atoms with Crippen LogP contribution in [-0.2, 0) is 16.1 Å². The molecule has 0 aliphatic carbocycles. The van der Waals surface area contributed by atoms with Gasteiger partial charge in [0.25, 0.3) is 0 Å². The van der Waals surface area contributed by atoms with Crippen molar-refractivity contribution in [3.63, 3.8) is 0 Å². The number of ether oxygens (including phenoxy) is 2. The summed E-state index contributed by atoms with van der Waals surface area (Å²) in [6.07, 6.45) is 2.93. The van der Waals surface area contributed by atoms with E-state index in [1.807, 2.05) is 30.3 Å². The first kappa shape index (κ1) is 19.1. The first-order valence-corrected chi connectivity index (χ1v) is 9.81. The Labute approximate surface area is 156 Å². The minimum atomic E-state index is -0.217. The summed E-state index contributed by atoms with van der Waals surface area (Å²) in [5, 5.41) is 3.37. The number of carbonyl (C=O) groups excluding carboxylic acids is 1. The van der Waals surface area contributed by atoms with E-state index < -0.39 is 0 Å². The average Bonchev–Trinajstić information content (AvgIpc) is 2.71. The lowest BCUT2D eigenvalue weighted by Crippen LogP contribution is -2.44. The number of hydrogen-bond acceptors (Lipinski definition) is 5. The molecular weight excluding hydrogens is 330 g/mol. The minimum absolute atomic E-state index is 0.217. The highest BCUT2D eigenvalue weighted by atomic mass is 16.6. The molecule has 0 aromatic heterocycles. The van der Waals surface area contributed by atoms with Crippen molar-refractivity contribution in [2.24, 2.45) is 0 Å². The summed E-state index contributed by atoms with van der Waals surface area (Å²) in [4.78, 5) is 16.5. The lowest BCUT2D eigenvalue weighted by atomic mass is 10.1. The van der Waals surface area contributed by atoms with Crippen LogP contribution in [-0.4, -0.2) is 74.4 Å². The number of nitrogens with one attached hydrogen (secondary N) is 1. The normalized spacial score (nSPS) is 19.5. The molecule has 0 bridgehead atoms. The predicted molar refractivity (Wildman–Crippen MR) is 101 cm³/mol. The van der Waals surface area contributed by atoms with Gasteiger partial charge in [0.05, 0.1) is 6.10 Å². The van der Waals surface area contributed by atoms with Gasteiger partial charge < -0.3 is 24.6 Å². The molecule has 1 aromatic rings. The molecule has 0 unspecified atom stereocenters. The Morgan fingerprint density at radius 3 is 2.54 bits per heavy atom. The Kier molecular flexibility index (Phi) is 7.73. The summed E-state index contributed by atoms with van der Waals surface area (Å²) in [5.41, 5.74) is 1.02. The first-order valence-electron chi connectivity index (χ1n) is 9.81. The first-order chi connectivity index (χ1) is 12.8. The van der Waals surface area contributed by atoms with Gasteiger partial charge in [0.2, 0.25) is 0 Å². The molecule has 0 spiro atoms. The van der Waals surface area contributed by atoms with Crippen LogP contribution in [0.5, 0.6) is 0 Å². The maximum absolute atomic E-state index is 12.2. The summed E-state index contributed by atoms with van der Waals surface area (Å²) in [5.74, 6) is 0. The topological polar surface area (TPSA) is 54.0 Å². The number of nitrogens with zero attached hydrogens (tertiary/aromatic N) is 2. The van der Waals surface area contributed by atoms with Crippen LogP contribution in [0, 0.1) is 0 Å². The third kappa shape index (κ3) is 6.27. The van der Waals surface area contributed by atoms with Crippen molar-refractivity contribution in [2.75, 3.05) is 52.4 Å². The lowest BCUT2D eigenvalue weighted by Gasteiger charge is -2.31. The van der Waals surface area contributed by atoms with Gasteiger partial charge in [-0.2, -0.15) is 0 Å². The summed E-state index contributed by atoms with van der Waals surface area (Å²) in [6, 6.07) is 9.80. The van der Waals surface area contributed by atoms with E-state index in [2.05, 4.69) is 10.2 Å². The number of piperidine rings is 1. The number of hydrogen-bond donors (Lipinski definition) is 1. The van der Waals surface area contributed by atoms with E-state index in [0.29, 0.717) is 6.61 Å². The maximum Gasteiger partial charge on any atom is 0.410 e. The van der Waals surface area contributed by atoms with E-state index in [-0.39, 0.29) is 12.2 Å². The molecule has 2 fully saturated rings. The second kappa shape index (κ2) is 10.5. The lowest BCUT2D eigenvalue weighted by molar-refractivity contribution is 0.00153. The second-order valence-corrected chi connectivity index (χ2v) is 7.04. The van der Waals surface area contributed by atoms with Crippen molar-refractivity contribution >= 4 is 6.09 Å².